The maximum atomic E-state index is 12.6. The summed E-state index contributed by atoms with van der Waals surface area (Å²) in [5.74, 6) is 1.25. The number of hydrogen-bond acceptors (Lipinski definition) is 6. The first kappa shape index (κ1) is 20.8. The zero-order chi connectivity index (χ0) is 20.6. The van der Waals surface area contributed by atoms with Gasteiger partial charge in [0.2, 0.25) is 5.88 Å². The summed E-state index contributed by atoms with van der Waals surface area (Å²) in [6.07, 6.45) is 1.70. The summed E-state index contributed by atoms with van der Waals surface area (Å²) < 4.78 is 15.6. The number of nitrogens with one attached hydrogen (secondary N) is 1. The quantitative estimate of drug-likeness (QED) is 0.536. The van der Waals surface area contributed by atoms with Crippen LogP contribution in [0.2, 0.25) is 0 Å². The predicted molar refractivity (Wildman–Crippen MR) is 114 cm³/mol. The van der Waals surface area contributed by atoms with E-state index in [4.69, 9.17) is 14.2 Å². The lowest BCUT2D eigenvalue weighted by Crippen LogP contribution is -2.21. The molecule has 29 heavy (non-hydrogen) atoms. The Labute approximate surface area is 174 Å². The van der Waals surface area contributed by atoms with Gasteiger partial charge in [0.1, 0.15) is 12.4 Å². The van der Waals surface area contributed by atoms with E-state index in [0.29, 0.717) is 30.5 Å². The van der Waals surface area contributed by atoms with Gasteiger partial charge >= 0.3 is 0 Å². The summed E-state index contributed by atoms with van der Waals surface area (Å²) in [6.45, 7) is 3.39. The van der Waals surface area contributed by atoms with Crippen LogP contribution in [0.25, 0.3) is 11.1 Å². The molecule has 0 fully saturated rings. The summed E-state index contributed by atoms with van der Waals surface area (Å²) in [6, 6.07) is 13.4. The maximum absolute atomic E-state index is 12.6. The average Bonchev–Trinajstić information content (AvgIpc) is 3.15. The van der Waals surface area contributed by atoms with Gasteiger partial charge in [0.25, 0.3) is 5.91 Å². The number of carbonyl (C=O) groups excluding carboxylic acids is 1. The van der Waals surface area contributed by atoms with Crippen molar-refractivity contribution < 1.29 is 19.0 Å². The van der Waals surface area contributed by atoms with Gasteiger partial charge in [0.05, 0.1) is 18.6 Å². The van der Waals surface area contributed by atoms with E-state index < -0.39 is 0 Å². The van der Waals surface area contributed by atoms with Gasteiger partial charge in [-0.3, -0.25) is 4.79 Å². The number of pyridine rings is 1. The molecule has 3 rings (SSSR count). The third-order valence-corrected chi connectivity index (χ3v) is 5.38. The van der Waals surface area contributed by atoms with Crippen molar-refractivity contribution in [3.05, 3.63) is 64.0 Å². The Morgan fingerprint density at radius 1 is 1.10 bits per heavy atom. The zero-order valence-corrected chi connectivity index (χ0v) is 17.5. The minimum Gasteiger partial charge on any atom is -0.497 e. The maximum Gasteiger partial charge on any atom is 0.261 e. The minimum atomic E-state index is -0.0988. The second-order valence-corrected chi connectivity index (χ2v) is 7.59. The minimum absolute atomic E-state index is 0.0988. The molecule has 1 amide bonds. The van der Waals surface area contributed by atoms with Crippen molar-refractivity contribution in [1.29, 1.82) is 0 Å². The molecule has 6 nitrogen and oxygen atoms in total. The Bertz CT molecular complexity index is 936. The van der Waals surface area contributed by atoms with Crippen molar-refractivity contribution in [3.8, 4) is 22.8 Å². The molecule has 0 atom stereocenters. The van der Waals surface area contributed by atoms with E-state index in [1.165, 1.54) is 11.3 Å². The molecular weight excluding hydrogens is 388 g/mol. The molecule has 3 aromatic rings. The first-order valence-electron chi connectivity index (χ1n) is 9.20. The number of carbonyl (C=O) groups is 1. The lowest BCUT2D eigenvalue weighted by atomic mass is 10.1. The Hall–Kier alpha value is -2.90. The lowest BCUT2D eigenvalue weighted by Gasteiger charge is -2.06. The molecule has 7 heteroatoms. The average molecular weight is 413 g/mol. The Morgan fingerprint density at radius 2 is 1.90 bits per heavy atom. The highest BCUT2D eigenvalue weighted by Crippen LogP contribution is 2.32. The molecule has 0 aliphatic carbocycles. The molecular formula is C22H24N2O4S. The van der Waals surface area contributed by atoms with E-state index in [1.54, 1.807) is 26.5 Å². The van der Waals surface area contributed by atoms with Crippen LogP contribution in [0, 0.1) is 6.92 Å². The molecule has 0 aliphatic heterocycles. The van der Waals surface area contributed by atoms with E-state index in [0.717, 1.165) is 27.3 Å². The van der Waals surface area contributed by atoms with Gasteiger partial charge in [0, 0.05) is 30.8 Å². The number of benzene rings is 1. The van der Waals surface area contributed by atoms with Gasteiger partial charge in [-0.1, -0.05) is 18.2 Å². The standard InChI is InChI=1S/C22H24N2O4S/c1-15-19(17-5-7-18(27-3)8-6-17)12-20(29-15)22(25)24-14-16-4-9-21(23-13-16)28-11-10-26-2/h4-9,12-13H,10-11,14H2,1-3H3,(H,24,25). The van der Waals surface area contributed by atoms with Crippen LogP contribution in [0.3, 0.4) is 0 Å². The monoisotopic (exact) mass is 412 g/mol. The fraction of sp³-hybridized carbons (Fsp3) is 0.273. The van der Waals surface area contributed by atoms with Crippen molar-refractivity contribution in [2.24, 2.45) is 0 Å². The van der Waals surface area contributed by atoms with Crippen LogP contribution in [0.1, 0.15) is 20.1 Å². The van der Waals surface area contributed by atoms with E-state index in [9.17, 15) is 4.79 Å². The van der Waals surface area contributed by atoms with Gasteiger partial charge in [-0.2, -0.15) is 0 Å². The molecule has 0 saturated heterocycles. The SMILES string of the molecule is COCCOc1ccc(CNC(=O)c2cc(-c3ccc(OC)cc3)c(C)s2)cn1. The first-order chi connectivity index (χ1) is 14.1. The highest BCUT2D eigenvalue weighted by atomic mass is 32.1. The third kappa shape index (κ3) is 5.56. The van der Waals surface area contributed by atoms with Crippen LogP contribution in [-0.2, 0) is 11.3 Å². The Morgan fingerprint density at radius 3 is 2.55 bits per heavy atom. The van der Waals surface area contributed by atoms with Crippen molar-refractivity contribution in [2.75, 3.05) is 27.4 Å². The number of nitrogens with zero attached hydrogens (tertiary/aromatic N) is 1. The van der Waals surface area contributed by atoms with Crippen LogP contribution >= 0.6 is 11.3 Å². The number of amides is 1. The number of aryl methyl sites for hydroxylation is 1. The predicted octanol–water partition coefficient (Wildman–Crippen LogP) is 4.08. The van der Waals surface area contributed by atoms with Crippen LogP contribution < -0.4 is 14.8 Å². The van der Waals surface area contributed by atoms with Gasteiger partial charge in [-0.25, -0.2) is 4.98 Å². The summed E-state index contributed by atoms with van der Waals surface area (Å²) in [4.78, 5) is 18.6. The fourth-order valence-corrected chi connectivity index (χ4v) is 3.71. The highest BCUT2D eigenvalue weighted by Gasteiger charge is 2.14. The molecule has 0 spiro atoms. The summed E-state index contributed by atoms with van der Waals surface area (Å²) in [7, 11) is 3.27. The summed E-state index contributed by atoms with van der Waals surface area (Å²) >= 11 is 1.49. The van der Waals surface area contributed by atoms with Crippen molar-refractivity contribution in [3.63, 3.8) is 0 Å². The number of methoxy groups -OCH3 is 2. The second-order valence-electron chi connectivity index (χ2n) is 6.34. The first-order valence-corrected chi connectivity index (χ1v) is 10.0. The summed E-state index contributed by atoms with van der Waals surface area (Å²) in [5, 5.41) is 2.95. The van der Waals surface area contributed by atoms with Crippen molar-refractivity contribution in [2.45, 2.75) is 13.5 Å². The summed E-state index contributed by atoms with van der Waals surface area (Å²) in [5.41, 5.74) is 3.02. The van der Waals surface area contributed by atoms with E-state index in [2.05, 4.69) is 10.3 Å². The number of thiophene rings is 1. The second kappa shape index (κ2) is 10.0. The number of ether oxygens (including phenoxy) is 3. The molecule has 2 aromatic heterocycles. The molecule has 1 aromatic carbocycles. The molecule has 1 N–H and O–H groups in total. The zero-order valence-electron chi connectivity index (χ0n) is 16.7. The number of hydrogen-bond donors (Lipinski definition) is 1. The molecule has 0 saturated carbocycles. The third-order valence-electron chi connectivity index (χ3n) is 4.33. The molecule has 2 heterocycles. The fourth-order valence-electron chi connectivity index (χ4n) is 2.75. The Balaban J connectivity index is 1.59. The molecule has 0 aliphatic rings. The number of rotatable bonds is 9. The number of aromatic nitrogens is 1. The topological polar surface area (TPSA) is 69.7 Å². The van der Waals surface area contributed by atoms with Crippen LogP contribution in [0.15, 0.2) is 48.7 Å². The molecule has 152 valence electrons. The van der Waals surface area contributed by atoms with Gasteiger partial charge in [-0.15, -0.1) is 11.3 Å². The van der Waals surface area contributed by atoms with Gasteiger partial charge in [0.15, 0.2) is 0 Å². The van der Waals surface area contributed by atoms with Gasteiger partial charge in [-0.05, 0) is 41.8 Å². The Kier molecular flexibility index (Phi) is 7.21. The van der Waals surface area contributed by atoms with E-state index >= 15 is 0 Å². The molecule has 0 unspecified atom stereocenters. The largest absolute Gasteiger partial charge is 0.497 e. The molecule has 0 radical (unpaired) electrons. The van der Waals surface area contributed by atoms with Crippen molar-refractivity contribution in [1.82, 2.24) is 10.3 Å². The van der Waals surface area contributed by atoms with Gasteiger partial charge < -0.3 is 19.5 Å². The lowest BCUT2D eigenvalue weighted by molar-refractivity contribution is 0.0955. The molecule has 0 bridgehead atoms. The van der Waals surface area contributed by atoms with Crippen LogP contribution in [0.5, 0.6) is 11.6 Å². The van der Waals surface area contributed by atoms with Crippen LogP contribution in [0.4, 0.5) is 0 Å². The van der Waals surface area contributed by atoms with E-state index in [-0.39, 0.29) is 5.91 Å². The van der Waals surface area contributed by atoms with E-state index in [1.807, 2.05) is 43.3 Å². The van der Waals surface area contributed by atoms with Crippen molar-refractivity contribution >= 4 is 17.2 Å². The smallest absolute Gasteiger partial charge is 0.261 e. The van der Waals surface area contributed by atoms with Crippen LogP contribution in [-0.4, -0.2) is 38.3 Å². The normalized spacial score (nSPS) is 10.6. The highest BCUT2D eigenvalue weighted by molar-refractivity contribution is 7.14.